The van der Waals surface area contributed by atoms with E-state index in [1.54, 1.807) is 22.7 Å². The van der Waals surface area contributed by atoms with Crippen LogP contribution in [0.2, 0.25) is 0 Å². The molecule has 25 heavy (non-hydrogen) atoms. The van der Waals surface area contributed by atoms with Gasteiger partial charge in [0.2, 0.25) is 5.91 Å². The molecule has 0 saturated heterocycles. The van der Waals surface area contributed by atoms with Crippen molar-refractivity contribution in [3.63, 3.8) is 0 Å². The first kappa shape index (κ1) is 17.8. The van der Waals surface area contributed by atoms with Gasteiger partial charge in [0.1, 0.15) is 0 Å². The van der Waals surface area contributed by atoms with Gasteiger partial charge in [-0.25, -0.2) is 4.98 Å². The maximum Gasteiger partial charge on any atom is 0.231 e. The number of amides is 1. The number of aromatic nitrogens is 1. The number of carbonyl (C=O) groups excluding carboxylic acids is 1. The quantitative estimate of drug-likeness (QED) is 0.583. The Morgan fingerprint density at radius 1 is 1.12 bits per heavy atom. The van der Waals surface area contributed by atoms with Crippen LogP contribution < -0.4 is 5.32 Å². The molecule has 0 fully saturated rings. The zero-order chi connectivity index (χ0) is 17.5. The smallest absolute Gasteiger partial charge is 0.231 e. The Bertz CT molecular complexity index is 791. The van der Waals surface area contributed by atoms with Crippen LogP contribution in [0.3, 0.4) is 0 Å². The van der Waals surface area contributed by atoms with Gasteiger partial charge < -0.3 is 5.32 Å². The Morgan fingerprint density at radius 3 is 2.64 bits per heavy atom. The second-order valence-corrected chi connectivity index (χ2v) is 8.18. The monoisotopic (exact) mass is 370 g/mol. The topological polar surface area (TPSA) is 42.0 Å². The minimum absolute atomic E-state index is 0.0105. The second kappa shape index (κ2) is 8.92. The number of hydrogen-bond acceptors (Lipinski definition) is 4. The molecule has 5 heteroatoms. The molecule has 2 aromatic heterocycles. The van der Waals surface area contributed by atoms with Crippen LogP contribution in [0.4, 0.5) is 5.13 Å². The molecule has 0 unspecified atom stereocenters. The van der Waals surface area contributed by atoms with Crippen LogP contribution >= 0.6 is 22.7 Å². The number of thiophene rings is 1. The second-order valence-electron chi connectivity index (χ2n) is 6.03. The number of rotatable bonds is 8. The predicted octanol–water partition coefficient (Wildman–Crippen LogP) is 5.32. The van der Waals surface area contributed by atoms with Gasteiger partial charge in [-0.1, -0.05) is 43.7 Å². The summed E-state index contributed by atoms with van der Waals surface area (Å²) in [7, 11) is 0. The number of nitrogens with zero attached hydrogens (tertiary/aromatic N) is 1. The van der Waals surface area contributed by atoms with E-state index in [9.17, 15) is 4.79 Å². The van der Waals surface area contributed by atoms with Crippen LogP contribution in [0.5, 0.6) is 0 Å². The third-order valence-electron chi connectivity index (χ3n) is 3.94. The fraction of sp³-hybridized carbons (Fsp3) is 0.300. The van der Waals surface area contributed by atoms with Crippen molar-refractivity contribution < 1.29 is 4.79 Å². The Labute approximate surface area is 156 Å². The molecule has 0 saturated carbocycles. The highest BCUT2D eigenvalue weighted by molar-refractivity contribution is 7.15. The lowest BCUT2D eigenvalue weighted by molar-refractivity contribution is -0.115. The Hall–Kier alpha value is -1.98. The molecule has 0 bridgehead atoms. The summed E-state index contributed by atoms with van der Waals surface area (Å²) in [6, 6.07) is 12.8. The molecule has 1 N–H and O–H groups in total. The van der Waals surface area contributed by atoms with E-state index in [1.807, 2.05) is 23.7 Å². The average molecular weight is 371 g/mol. The summed E-state index contributed by atoms with van der Waals surface area (Å²) in [4.78, 5) is 18.6. The molecular formula is C20H22N2OS2. The molecule has 0 aliphatic rings. The standard InChI is InChI=1S/C20H22N2OS2/c1-2-3-5-15-7-9-16(10-8-15)12-18-14-21-20(25-18)22-19(23)13-17-6-4-11-24-17/h4,6-11,14H,2-3,5,12-13H2,1H3,(H,21,22,23). The predicted molar refractivity (Wildman–Crippen MR) is 107 cm³/mol. The summed E-state index contributed by atoms with van der Waals surface area (Å²) in [6.45, 7) is 2.22. The SMILES string of the molecule is CCCCc1ccc(Cc2cnc(NC(=O)Cc3cccs3)s2)cc1. The lowest BCUT2D eigenvalue weighted by Crippen LogP contribution is -2.13. The van der Waals surface area contributed by atoms with E-state index < -0.39 is 0 Å². The van der Waals surface area contributed by atoms with E-state index in [4.69, 9.17) is 0 Å². The van der Waals surface area contributed by atoms with Crippen LogP contribution in [0, 0.1) is 0 Å². The summed E-state index contributed by atoms with van der Waals surface area (Å²) in [5.41, 5.74) is 2.68. The number of aryl methyl sites for hydroxylation is 1. The molecule has 3 aromatic rings. The maximum atomic E-state index is 12.0. The molecule has 0 atom stereocenters. The van der Waals surface area contributed by atoms with Gasteiger partial charge in [0, 0.05) is 22.4 Å². The van der Waals surface area contributed by atoms with Gasteiger partial charge in [-0.2, -0.15) is 0 Å². The first-order valence-electron chi connectivity index (χ1n) is 8.57. The van der Waals surface area contributed by atoms with Crippen LogP contribution in [0.25, 0.3) is 0 Å². The highest BCUT2D eigenvalue weighted by atomic mass is 32.1. The summed E-state index contributed by atoms with van der Waals surface area (Å²) in [6.07, 6.45) is 6.73. The van der Waals surface area contributed by atoms with E-state index in [0.717, 1.165) is 22.6 Å². The number of anilines is 1. The van der Waals surface area contributed by atoms with Gasteiger partial charge in [-0.05, 0) is 35.4 Å². The lowest BCUT2D eigenvalue weighted by Gasteiger charge is -2.02. The molecule has 1 amide bonds. The molecule has 2 heterocycles. The van der Waals surface area contributed by atoms with Gasteiger partial charge >= 0.3 is 0 Å². The Balaban J connectivity index is 1.53. The van der Waals surface area contributed by atoms with Crippen molar-refractivity contribution in [2.24, 2.45) is 0 Å². The normalized spacial score (nSPS) is 10.8. The average Bonchev–Trinajstić information content (AvgIpc) is 3.26. The van der Waals surface area contributed by atoms with Gasteiger partial charge in [0.05, 0.1) is 6.42 Å². The fourth-order valence-corrected chi connectivity index (χ4v) is 4.15. The zero-order valence-electron chi connectivity index (χ0n) is 14.3. The molecule has 3 nitrogen and oxygen atoms in total. The van der Waals surface area contributed by atoms with Crippen molar-refractivity contribution in [1.29, 1.82) is 0 Å². The third-order valence-corrected chi connectivity index (χ3v) is 5.72. The molecule has 130 valence electrons. The highest BCUT2D eigenvalue weighted by Crippen LogP contribution is 2.22. The van der Waals surface area contributed by atoms with Crippen molar-refractivity contribution in [2.45, 2.75) is 39.0 Å². The number of hydrogen-bond donors (Lipinski definition) is 1. The summed E-state index contributed by atoms with van der Waals surface area (Å²) < 4.78 is 0. The zero-order valence-corrected chi connectivity index (χ0v) is 16.0. The number of unbranched alkanes of at least 4 members (excludes halogenated alkanes) is 1. The van der Waals surface area contributed by atoms with Crippen LogP contribution in [0.15, 0.2) is 48.0 Å². The maximum absolute atomic E-state index is 12.0. The molecule has 0 aliphatic carbocycles. The van der Waals surface area contributed by atoms with E-state index in [-0.39, 0.29) is 5.91 Å². The van der Waals surface area contributed by atoms with Gasteiger partial charge in [-0.15, -0.1) is 22.7 Å². The van der Waals surface area contributed by atoms with Crippen molar-refractivity contribution in [3.05, 3.63) is 68.9 Å². The number of nitrogens with one attached hydrogen (secondary N) is 1. The Morgan fingerprint density at radius 2 is 1.92 bits per heavy atom. The summed E-state index contributed by atoms with van der Waals surface area (Å²) in [5.74, 6) is -0.0105. The number of carbonyl (C=O) groups is 1. The van der Waals surface area contributed by atoms with Crippen LogP contribution in [0.1, 0.15) is 40.6 Å². The minimum Gasteiger partial charge on any atom is -0.302 e. The van der Waals surface area contributed by atoms with E-state index in [0.29, 0.717) is 11.6 Å². The molecule has 0 aliphatic heterocycles. The molecule has 0 spiro atoms. The fourth-order valence-electron chi connectivity index (χ4n) is 2.59. The van der Waals surface area contributed by atoms with E-state index >= 15 is 0 Å². The summed E-state index contributed by atoms with van der Waals surface area (Å²) >= 11 is 3.14. The summed E-state index contributed by atoms with van der Waals surface area (Å²) in [5, 5.41) is 5.55. The van der Waals surface area contributed by atoms with Gasteiger partial charge in [0.15, 0.2) is 5.13 Å². The first-order valence-corrected chi connectivity index (χ1v) is 10.3. The minimum atomic E-state index is -0.0105. The molecule has 1 aromatic carbocycles. The van der Waals surface area contributed by atoms with E-state index in [2.05, 4.69) is 41.5 Å². The van der Waals surface area contributed by atoms with Crippen molar-refractivity contribution >= 4 is 33.7 Å². The highest BCUT2D eigenvalue weighted by Gasteiger charge is 2.09. The Kier molecular flexibility index (Phi) is 6.36. The largest absolute Gasteiger partial charge is 0.302 e. The third kappa shape index (κ3) is 5.51. The molecule has 0 radical (unpaired) electrons. The number of benzene rings is 1. The van der Waals surface area contributed by atoms with Gasteiger partial charge in [0.25, 0.3) is 0 Å². The van der Waals surface area contributed by atoms with E-state index in [1.165, 1.54) is 24.0 Å². The lowest BCUT2D eigenvalue weighted by atomic mass is 10.0. The van der Waals surface area contributed by atoms with Crippen LogP contribution in [-0.4, -0.2) is 10.9 Å². The molecular weight excluding hydrogens is 348 g/mol. The van der Waals surface area contributed by atoms with Crippen molar-refractivity contribution in [1.82, 2.24) is 4.98 Å². The van der Waals surface area contributed by atoms with Crippen LogP contribution in [-0.2, 0) is 24.1 Å². The van der Waals surface area contributed by atoms with Gasteiger partial charge in [-0.3, -0.25) is 4.79 Å². The number of thiazole rings is 1. The van der Waals surface area contributed by atoms with Crippen molar-refractivity contribution in [3.8, 4) is 0 Å². The first-order chi connectivity index (χ1) is 12.2. The molecule has 3 rings (SSSR count). The van der Waals surface area contributed by atoms with Crippen molar-refractivity contribution in [2.75, 3.05) is 5.32 Å².